The van der Waals surface area contributed by atoms with E-state index in [0.29, 0.717) is 74.3 Å². The SMILES string of the molecule is COc1cc(Cn2ccnc2CN2CCN(c3cccc(Cl)c3)C(=O)C2)ccc1C#N.N#Cc1ccc(Cn2ccnc2CN2CCN(c3cccc(I)c3)C(=O)C2)cc1. The van der Waals surface area contributed by atoms with Crippen molar-refractivity contribution in [3.8, 4) is 17.9 Å². The summed E-state index contributed by atoms with van der Waals surface area (Å²) in [6, 6.07) is 32.8. The molecule has 13 nitrogen and oxygen atoms in total. The second-order valence-corrected chi connectivity index (χ2v) is 16.1. The molecule has 6 aromatic rings. The molecule has 2 aliphatic rings. The Morgan fingerprint density at radius 1 is 0.683 bits per heavy atom. The molecule has 0 aliphatic carbocycles. The third kappa shape index (κ3) is 10.6. The van der Waals surface area contributed by atoms with Gasteiger partial charge in [-0.3, -0.25) is 19.4 Å². The van der Waals surface area contributed by atoms with Crippen LogP contribution in [-0.2, 0) is 35.8 Å². The van der Waals surface area contributed by atoms with Crippen molar-refractivity contribution in [2.24, 2.45) is 0 Å². The van der Waals surface area contributed by atoms with Crippen LogP contribution in [0.1, 0.15) is 33.9 Å². The van der Waals surface area contributed by atoms with Gasteiger partial charge in [0.25, 0.3) is 0 Å². The highest BCUT2D eigenvalue weighted by Gasteiger charge is 2.27. The van der Waals surface area contributed by atoms with Crippen molar-refractivity contribution in [2.75, 3.05) is 56.2 Å². The van der Waals surface area contributed by atoms with Crippen LogP contribution in [0.25, 0.3) is 0 Å². The van der Waals surface area contributed by atoms with Crippen molar-refractivity contribution in [2.45, 2.75) is 26.2 Å². The third-order valence-electron chi connectivity index (χ3n) is 10.3. The van der Waals surface area contributed by atoms with E-state index >= 15 is 0 Å². The fourth-order valence-corrected chi connectivity index (χ4v) is 7.93. The minimum atomic E-state index is 0.0449. The van der Waals surface area contributed by atoms with E-state index in [2.05, 4.69) is 63.6 Å². The maximum absolute atomic E-state index is 12.7. The Morgan fingerprint density at radius 3 is 1.78 bits per heavy atom. The number of amides is 2. The van der Waals surface area contributed by atoms with E-state index in [1.807, 2.05) is 96.2 Å². The van der Waals surface area contributed by atoms with E-state index in [-0.39, 0.29) is 11.8 Å². The van der Waals surface area contributed by atoms with Gasteiger partial charge in [0.1, 0.15) is 23.5 Å². The predicted molar refractivity (Wildman–Crippen MR) is 237 cm³/mol. The fraction of sp³-hybridized carbons (Fsp3) is 0.244. The Kier molecular flexibility index (Phi) is 13.9. The molecule has 0 spiro atoms. The first-order valence-corrected chi connectivity index (χ1v) is 20.8. The van der Waals surface area contributed by atoms with Gasteiger partial charge in [0.2, 0.25) is 11.8 Å². The molecule has 2 aromatic heterocycles. The number of aromatic nitrogens is 4. The summed E-state index contributed by atoms with van der Waals surface area (Å²) in [6.07, 6.45) is 7.44. The average Bonchev–Trinajstić information content (AvgIpc) is 3.89. The van der Waals surface area contributed by atoms with E-state index in [4.69, 9.17) is 26.9 Å². The second kappa shape index (κ2) is 19.8. The van der Waals surface area contributed by atoms with Gasteiger partial charge >= 0.3 is 0 Å². The lowest BCUT2D eigenvalue weighted by atomic mass is 10.1. The molecular formula is C45H42ClIN10O3. The molecule has 2 amide bonds. The molecule has 8 rings (SSSR count). The summed E-state index contributed by atoms with van der Waals surface area (Å²) in [6.45, 7) is 6.05. The van der Waals surface area contributed by atoms with E-state index in [1.165, 1.54) is 0 Å². The van der Waals surface area contributed by atoms with E-state index in [1.54, 1.807) is 36.5 Å². The van der Waals surface area contributed by atoms with Gasteiger partial charge in [-0.05, 0) is 94.4 Å². The molecule has 60 heavy (non-hydrogen) atoms. The molecule has 0 radical (unpaired) electrons. The van der Waals surface area contributed by atoms with Crippen LogP contribution >= 0.6 is 34.2 Å². The zero-order chi connectivity index (χ0) is 42.0. The standard InChI is InChI=1S/C23H22ClN5O2.C22H20IN5O/c1-31-21-11-17(5-6-18(21)13-25)14-28-8-7-26-22(28)15-27-9-10-29(23(30)16-27)20-4-2-3-19(24)12-20;23-19-2-1-3-20(12-19)28-11-10-26(16-22(28)29)15-21-25-8-9-27(21)14-18-6-4-17(13-24)5-7-18/h2-8,11-12H,9-10,14-16H2,1H3;1-9,12H,10-11,14-16H2. The first-order valence-electron chi connectivity index (χ1n) is 19.3. The summed E-state index contributed by atoms with van der Waals surface area (Å²) >= 11 is 8.34. The van der Waals surface area contributed by atoms with Gasteiger partial charge in [0.05, 0.1) is 50.5 Å². The molecule has 4 aromatic carbocycles. The van der Waals surface area contributed by atoms with Crippen LogP contribution in [0.15, 0.2) is 116 Å². The Balaban J connectivity index is 0.000000182. The van der Waals surface area contributed by atoms with Crippen LogP contribution in [0, 0.1) is 26.2 Å². The number of halogens is 2. The summed E-state index contributed by atoms with van der Waals surface area (Å²) in [5, 5.41) is 18.7. The first kappa shape index (κ1) is 42.1. The number of piperazine rings is 2. The zero-order valence-corrected chi connectivity index (χ0v) is 35.9. The summed E-state index contributed by atoms with van der Waals surface area (Å²) in [5.74, 6) is 2.54. The van der Waals surface area contributed by atoms with Crippen LogP contribution < -0.4 is 14.5 Å². The highest BCUT2D eigenvalue weighted by molar-refractivity contribution is 14.1. The number of hydrogen-bond acceptors (Lipinski definition) is 9. The van der Waals surface area contributed by atoms with Gasteiger partial charge in [-0.2, -0.15) is 10.5 Å². The second-order valence-electron chi connectivity index (χ2n) is 14.4. The topological polar surface area (TPSA) is 140 Å². The molecule has 0 saturated carbocycles. The molecule has 15 heteroatoms. The quantitative estimate of drug-likeness (QED) is 0.132. The van der Waals surface area contributed by atoms with Crippen molar-refractivity contribution >= 4 is 57.4 Å². The number of anilines is 2. The number of benzene rings is 4. The van der Waals surface area contributed by atoms with Crippen molar-refractivity contribution in [1.29, 1.82) is 10.5 Å². The van der Waals surface area contributed by atoms with Crippen molar-refractivity contribution in [1.82, 2.24) is 28.9 Å². The van der Waals surface area contributed by atoms with Gasteiger partial charge in [-0.1, -0.05) is 41.9 Å². The molecular weight excluding hydrogens is 891 g/mol. The minimum Gasteiger partial charge on any atom is -0.495 e. The van der Waals surface area contributed by atoms with Gasteiger partial charge in [0, 0.05) is 84.0 Å². The number of rotatable bonds is 11. The summed E-state index contributed by atoms with van der Waals surface area (Å²) in [5.41, 5.74) is 5.08. The minimum absolute atomic E-state index is 0.0449. The molecule has 2 saturated heterocycles. The molecule has 0 atom stereocenters. The number of imidazole rings is 2. The molecule has 4 heterocycles. The van der Waals surface area contributed by atoms with Gasteiger partial charge in [-0.25, -0.2) is 9.97 Å². The molecule has 2 aliphatic heterocycles. The molecule has 0 unspecified atom stereocenters. The number of carbonyl (C=O) groups excluding carboxylic acids is 2. The third-order valence-corrected chi connectivity index (χ3v) is 11.3. The molecule has 304 valence electrons. The van der Waals surface area contributed by atoms with Crippen LogP contribution in [0.5, 0.6) is 5.75 Å². The fourth-order valence-electron chi connectivity index (χ4n) is 7.22. The highest BCUT2D eigenvalue weighted by atomic mass is 127. The van der Waals surface area contributed by atoms with E-state index in [0.717, 1.165) is 50.8 Å². The maximum Gasteiger partial charge on any atom is 0.241 e. The largest absolute Gasteiger partial charge is 0.495 e. The van der Waals surface area contributed by atoms with Gasteiger partial charge < -0.3 is 23.7 Å². The van der Waals surface area contributed by atoms with Crippen molar-refractivity contribution in [3.05, 3.63) is 158 Å². The van der Waals surface area contributed by atoms with Crippen molar-refractivity contribution < 1.29 is 14.3 Å². The average molecular weight is 933 g/mol. The lowest BCUT2D eigenvalue weighted by Crippen LogP contribution is -2.50. The molecule has 0 N–H and O–H groups in total. The number of hydrogen-bond donors (Lipinski definition) is 0. The summed E-state index contributed by atoms with van der Waals surface area (Å²) in [7, 11) is 1.56. The predicted octanol–water partition coefficient (Wildman–Crippen LogP) is 6.57. The van der Waals surface area contributed by atoms with Crippen LogP contribution in [0.4, 0.5) is 11.4 Å². The maximum atomic E-state index is 12.7. The monoisotopic (exact) mass is 932 g/mol. The van der Waals surface area contributed by atoms with Crippen molar-refractivity contribution in [3.63, 3.8) is 0 Å². The first-order chi connectivity index (χ1) is 29.2. The molecule has 0 bridgehead atoms. The Hall–Kier alpha value is -6.04. The normalized spacial score (nSPS) is 14.6. The van der Waals surface area contributed by atoms with E-state index in [9.17, 15) is 9.59 Å². The van der Waals surface area contributed by atoms with E-state index < -0.39 is 0 Å². The Morgan fingerprint density at radius 2 is 1.25 bits per heavy atom. The number of carbonyl (C=O) groups is 2. The number of methoxy groups -OCH3 is 1. The van der Waals surface area contributed by atoms with Gasteiger partial charge in [-0.15, -0.1) is 0 Å². The number of ether oxygens (including phenoxy) is 1. The summed E-state index contributed by atoms with van der Waals surface area (Å²) in [4.78, 5) is 42.3. The highest BCUT2D eigenvalue weighted by Crippen LogP contribution is 2.24. The van der Waals surface area contributed by atoms with Crippen LogP contribution in [-0.4, -0.2) is 87.1 Å². The van der Waals surface area contributed by atoms with Gasteiger partial charge in [0.15, 0.2) is 0 Å². The zero-order valence-electron chi connectivity index (χ0n) is 33.0. The number of nitriles is 2. The number of nitrogens with zero attached hydrogens (tertiary/aromatic N) is 10. The Bertz CT molecular complexity index is 2540. The summed E-state index contributed by atoms with van der Waals surface area (Å²) < 4.78 is 10.6. The Labute approximate surface area is 367 Å². The lowest BCUT2D eigenvalue weighted by Gasteiger charge is -2.34. The smallest absolute Gasteiger partial charge is 0.241 e. The molecule has 2 fully saturated rings. The van der Waals surface area contributed by atoms with Crippen LogP contribution in [0.3, 0.4) is 0 Å². The lowest BCUT2D eigenvalue weighted by molar-refractivity contribution is -0.122. The van der Waals surface area contributed by atoms with Crippen LogP contribution in [0.2, 0.25) is 5.02 Å².